The third-order valence-electron chi connectivity index (χ3n) is 5.21. The number of para-hydroxylation sites is 2. The zero-order valence-corrected chi connectivity index (χ0v) is 17.0. The van der Waals surface area contributed by atoms with Crippen LogP contribution in [0.25, 0.3) is 0 Å². The maximum atomic E-state index is 13.0. The van der Waals surface area contributed by atoms with Crippen molar-refractivity contribution in [1.82, 2.24) is 9.62 Å². The second kappa shape index (κ2) is 8.04. The quantitative estimate of drug-likeness (QED) is 0.807. The third-order valence-corrected chi connectivity index (χ3v) is 7.13. The Kier molecular flexibility index (Phi) is 5.47. The van der Waals surface area contributed by atoms with Crippen molar-refractivity contribution >= 4 is 15.9 Å². The zero-order valence-electron chi connectivity index (χ0n) is 16.2. The van der Waals surface area contributed by atoms with E-state index in [1.807, 2.05) is 31.2 Å². The average molecular weight is 416 g/mol. The van der Waals surface area contributed by atoms with Crippen molar-refractivity contribution in [2.24, 2.45) is 0 Å². The second-order valence-electron chi connectivity index (χ2n) is 7.33. The molecule has 1 saturated heterocycles. The Balaban J connectivity index is 1.40. The van der Waals surface area contributed by atoms with E-state index in [2.05, 4.69) is 5.32 Å². The minimum Gasteiger partial charge on any atom is -0.486 e. The van der Waals surface area contributed by atoms with Crippen molar-refractivity contribution in [1.29, 1.82) is 0 Å². The van der Waals surface area contributed by atoms with Crippen molar-refractivity contribution in [3.8, 4) is 11.5 Å². The van der Waals surface area contributed by atoms with Crippen LogP contribution in [0.4, 0.5) is 0 Å². The van der Waals surface area contributed by atoms with Crippen LogP contribution in [0, 0.1) is 6.92 Å². The molecule has 2 aromatic rings. The number of ether oxygens (including phenoxy) is 2. The fourth-order valence-corrected chi connectivity index (χ4v) is 5.29. The molecule has 2 unspecified atom stereocenters. The van der Waals surface area contributed by atoms with Gasteiger partial charge in [0.1, 0.15) is 18.8 Å². The van der Waals surface area contributed by atoms with E-state index in [1.165, 1.54) is 4.31 Å². The minimum absolute atomic E-state index is 0.212. The number of sulfonamides is 1. The van der Waals surface area contributed by atoms with Gasteiger partial charge in [0.25, 0.3) is 0 Å². The van der Waals surface area contributed by atoms with Gasteiger partial charge in [-0.15, -0.1) is 0 Å². The van der Waals surface area contributed by atoms with Crippen LogP contribution in [-0.4, -0.2) is 50.5 Å². The van der Waals surface area contributed by atoms with Crippen molar-refractivity contribution in [2.45, 2.75) is 36.8 Å². The van der Waals surface area contributed by atoms with Gasteiger partial charge in [0.2, 0.25) is 15.9 Å². The van der Waals surface area contributed by atoms with Gasteiger partial charge in [-0.2, -0.15) is 4.31 Å². The molecule has 8 heteroatoms. The smallest absolute Gasteiger partial charge is 0.243 e. The highest BCUT2D eigenvalue weighted by molar-refractivity contribution is 7.89. The fraction of sp³-hybridized carbons (Fsp3) is 0.381. The molecule has 2 aliphatic heterocycles. The molecule has 29 heavy (non-hydrogen) atoms. The van der Waals surface area contributed by atoms with Crippen molar-refractivity contribution < 1.29 is 22.7 Å². The lowest BCUT2D eigenvalue weighted by molar-refractivity contribution is -0.124. The summed E-state index contributed by atoms with van der Waals surface area (Å²) < 4.78 is 38.8. The van der Waals surface area contributed by atoms with E-state index in [4.69, 9.17) is 9.47 Å². The molecule has 1 N–H and O–H groups in total. The molecule has 0 bridgehead atoms. The SMILES string of the molecule is Cc1ccc(S(=O)(=O)N2CCCC2C(=O)NCC2COc3ccccc3O2)cc1. The second-order valence-corrected chi connectivity index (χ2v) is 9.22. The lowest BCUT2D eigenvalue weighted by Crippen LogP contribution is -2.49. The van der Waals surface area contributed by atoms with Crippen molar-refractivity contribution in [3.05, 3.63) is 54.1 Å². The Bertz CT molecular complexity index is 990. The molecule has 0 aliphatic carbocycles. The van der Waals surface area contributed by atoms with Crippen LogP contribution >= 0.6 is 0 Å². The topological polar surface area (TPSA) is 84.9 Å². The largest absolute Gasteiger partial charge is 0.486 e. The lowest BCUT2D eigenvalue weighted by Gasteiger charge is -2.28. The number of nitrogens with one attached hydrogen (secondary N) is 1. The third kappa shape index (κ3) is 4.09. The standard InChI is InChI=1S/C21H24N2O5S/c1-15-8-10-17(11-9-15)29(25,26)23-12-4-5-18(23)21(24)22-13-16-14-27-19-6-2-3-7-20(19)28-16/h2-3,6-11,16,18H,4-5,12-14H2,1H3,(H,22,24). The van der Waals surface area contributed by atoms with Crippen LogP contribution in [0.5, 0.6) is 11.5 Å². The number of carbonyl (C=O) groups is 1. The first-order valence-electron chi connectivity index (χ1n) is 9.70. The minimum atomic E-state index is -3.72. The molecule has 4 rings (SSSR count). The number of hydrogen-bond donors (Lipinski definition) is 1. The molecule has 0 aromatic heterocycles. The molecule has 1 amide bonds. The van der Waals surface area contributed by atoms with Gasteiger partial charge >= 0.3 is 0 Å². The molecule has 154 valence electrons. The van der Waals surface area contributed by atoms with E-state index < -0.39 is 16.1 Å². The first-order chi connectivity index (χ1) is 13.9. The molecule has 2 heterocycles. The number of fused-ring (bicyclic) bond motifs is 1. The molecule has 0 spiro atoms. The van der Waals surface area contributed by atoms with Crippen molar-refractivity contribution in [3.63, 3.8) is 0 Å². The number of rotatable bonds is 5. The summed E-state index contributed by atoms with van der Waals surface area (Å²) >= 11 is 0. The summed E-state index contributed by atoms with van der Waals surface area (Å²) in [5.41, 5.74) is 0.982. The predicted molar refractivity (Wildman–Crippen MR) is 107 cm³/mol. The predicted octanol–water partition coefficient (Wildman–Crippen LogP) is 2.10. The van der Waals surface area contributed by atoms with Gasteiger partial charge in [0.05, 0.1) is 11.4 Å². The first-order valence-corrected chi connectivity index (χ1v) is 11.1. The number of nitrogens with zero attached hydrogens (tertiary/aromatic N) is 1. The van der Waals surface area contributed by atoms with Gasteiger partial charge in [-0.3, -0.25) is 4.79 Å². The van der Waals surface area contributed by atoms with Gasteiger partial charge < -0.3 is 14.8 Å². The number of aryl methyl sites for hydroxylation is 1. The molecule has 2 aliphatic rings. The Morgan fingerprint density at radius 3 is 2.62 bits per heavy atom. The van der Waals surface area contributed by atoms with Crippen LogP contribution in [0.2, 0.25) is 0 Å². The Morgan fingerprint density at radius 2 is 1.86 bits per heavy atom. The molecule has 7 nitrogen and oxygen atoms in total. The molecular formula is C21H24N2O5S. The maximum absolute atomic E-state index is 13.0. The summed E-state index contributed by atoms with van der Waals surface area (Å²) in [4.78, 5) is 13.0. The molecule has 0 radical (unpaired) electrons. The molecule has 2 atom stereocenters. The first kappa shape index (κ1) is 19.7. The van der Waals surface area contributed by atoms with Crippen LogP contribution in [0.3, 0.4) is 0 Å². The normalized spacial score (nSPS) is 21.7. The number of amides is 1. The summed E-state index contributed by atoms with van der Waals surface area (Å²) in [5, 5.41) is 2.84. The van der Waals surface area contributed by atoms with Gasteiger partial charge in [-0.1, -0.05) is 29.8 Å². The van der Waals surface area contributed by atoms with E-state index in [-0.39, 0.29) is 23.5 Å². The lowest BCUT2D eigenvalue weighted by atomic mass is 10.2. The Hall–Kier alpha value is -2.58. The zero-order chi connectivity index (χ0) is 20.4. The molecule has 2 aromatic carbocycles. The maximum Gasteiger partial charge on any atom is 0.243 e. The summed E-state index contributed by atoms with van der Waals surface area (Å²) in [6.45, 7) is 2.82. The highest BCUT2D eigenvalue weighted by atomic mass is 32.2. The summed E-state index contributed by atoms with van der Waals surface area (Å²) in [5.74, 6) is 1.02. The number of carbonyl (C=O) groups excluding carboxylic acids is 1. The van der Waals surface area contributed by atoms with E-state index in [1.54, 1.807) is 24.3 Å². The molecular weight excluding hydrogens is 392 g/mol. The monoisotopic (exact) mass is 416 g/mol. The van der Waals surface area contributed by atoms with E-state index in [9.17, 15) is 13.2 Å². The summed E-state index contributed by atoms with van der Waals surface area (Å²) in [7, 11) is -3.72. The molecule has 0 saturated carbocycles. The van der Waals surface area contributed by atoms with Crippen molar-refractivity contribution in [2.75, 3.05) is 19.7 Å². The Labute approximate surface area is 170 Å². The van der Waals surface area contributed by atoms with E-state index >= 15 is 0 Å². The van der Waals surface area contributed by atoms with Gasteiger partial charge in [0.15, 0.2) is 11.5 Å². The highest BCUT2D eigenvalue weighted by Gasteiger charge is 2.39. The molecule has 1 fully saturated rings. The van der Waals surface area contributed by atoms with Crippen LogP contribution in [0.15, 0.2) is 53.4 Å². The highest BCUT2D eigenvalue weighted by Crippen LogP contribution is 2.31. The number of hydrogen-bond acceptors (Lipinski definition) is 5. The van der Waals surface area contributed by atoms with Crippen LogP contribution in [-0.2, 0) is 14.8 Å². The van der Waals surface area contributed by atoms with Gasteiger partial charge in [-0.25, -0.2) is 8.42 Å². The Morgan fingerprint density at radius 1 is 1.14 bits per heavy atom. The van der Waals surface area contributed by atoms with Gasteiger partial charge in [-0.05, 0) is 44.0 Å². The van der Waals surface area contributed by atoms with E-state index in [0.29, 0.717) is 37.5 Å². The number of benzene rings is 2. The van der Waals surface area contributed by atoms with Gasteiger partial charge in [0, 0.05) is 6.54 Å². The van der Waals surface area contributed by atoms with E-state index in [0.717, 1.165) is 5.56 Å². The summed E-state index contributed by atoms with van der Waals surface area (Å²) in [6, 6.07) is 13.4. The summed E-state index contributed by atoms with van der Waals surface area (Å²) in [6.07, 6.45) is 0.832. The van der Waals surface area contributed by atoms with Crippen LogP contribution in [0.1, 0.15) is 18.4 Å². The van der Waals surface area contributed by atoms with Crippen LogP contribution < -0.4 is 14.8 Å². The fourth-order valence-electron chi connectivity index (χ4n) is 3.63. The average Bonchev–Trinajstić information content (AvgIpc) is 3.23.